The fraction of sp³-hybridized carbons (Fsp3) is 1.00. The molecule has 1 heterocycles. The first-order valence-electron chi connectivity index (χ1n) is 7.12. The van der Waals surface area contributed by atoms with E-state index in [-0.39, 0.29) is 11.5 Å². The van der Waals surface area contributed by atoms with E-state index < -0.39 is 0 Å². The average molecular weight is 240 g/mol. The van der Waals surface area contributed by atoms with Gasteiger partial charge in [-0.25, -0.2) is 0 Å². The molecule has 3 unspecified atom stereocenters. The van der Waals surface area contributed by atoms with Crippen LogP contribution in [0.5, 0.6) is 0 Å². The van der Waals surface area contributed by atoms with E-state index in [1.165, 1.54) is 0 Å². The maximum absolute atomic E-state index is 10.4. The van der Waals surface area contributed by atoms with Crippen molar-refractivity contribution in [2.45, 2.75) is 58.7 Å². The van der Waals surface area contributed by atoms with Crippen LogP contribution in [0.1, 0.15) is 40.5 Å². The molecule has 1 saturated carbocycles. The predicted octanol–water partition coefficient (Wildman–Crippen LogP) is 1.56. The van der Waals surface area contributed by atoms with Crippen LogP contribution in [0, 0.1) is 5.41 Å². The monoisotopic (exact) mass is 240 g/mol. The SMILES string of the molecule is CCN1CCN(C2CCC(C)(C)C2O)CC1C. The lowest BCUT2D eigenvalue weighted by Crippen LogP contribution is -2.56. The van der Waals surface area contributed by atoms with Gasteiger partial charge in [0.1, 0.15) is 0 Å². The summed E-state index contributed by atoms with van der Waals surface area (Å²) in [5, 5.41) is 10.4. The smallest absolute Gasteiger partial charge is 0.0746 e. The minimum atomic E-state index is -0.150. The van der Waals surface area contributed by atoms with Crippen LogP contribution in [0.25, 0.3) is 0 Å². The molecule has 0 aromatic rings. The van der Waals surface area contributed by atoms with Gasteiger partial charge in [-0.05, 0) is 31.7 Å². The van der Waals surface area contributed by atoms with Gasteiger partial charge in [0, 0.05) is 31.7 Å². The number of piperazine rings is 1. The Bertz CT molecular complexity index is 267. The van der Waals surface area contributed by atoms with E-state index in [2.05, 4.69) is 37.5 Å². The molecule has 0 radical (unpaired) electrons. The quantitative estimate of drug-likeness (QED) is 0.793. The van der Waals surface area contributed by atoms with Crippen molar-refractivity contribution in [3.05, 3.63) is 0 Å². The van der Waals surface area contributed by atoms with Gasteiger partial charge < -0.3 is 5.11 Å². The number of aliphatic hydroxyl groups excluding tert-OH is 1. The average Bonchev–Trinajstić information content (AvgIpc) is 2.54. The molecule has 0 bridgehead atoms. The molecule has 1 aliphatic heterocycles. The summed E-state index contributed by atoms with van der Waals surface area (Å²) in [7, 11) is 0. The lowest BCUT2D eigenvalue weighted by atomic mass is 9.88. The summed E-state index contributed by atoms with van der Waals surface area (Å²) in [6, 6.07) is 1.02. The first kappa shape index (κ1) is 13.3. The van der Waals surface area contributed by atoms with Crippen LogP contribution in [0.3, 0.4) is 0 Å². The summed E-state index contributed by atoms with van der Waals surface area (Å²) >= 11 is 0. The fourth-order valence-electron chi connectivity index (χ4n) is 3.52. The summed E-state index contributed by atoms with van der Waals surface area (Å²) < 4.78 is 0. The second-order valence-corrected chi connectivity index (χ2v) is 6.51. The van der Waals surface area contributed by atoms with Crippen molar-refractivity contribution in [2.75, 3.05) is 26.2 Å². The largest absolute Gasteiger partial charge is 0.391 e. The van der Waals surface area contributed by atoms with Crippen molar-refractivity contribution in [3.8, 4) is 0 Å². The van der Waals surface area contributed by atoms with E-state index >= 15 is 0 Å². The molecule has 0 amide bonds. The van der Waals surface area contributed by atoms with Crippen LogP contribution < -0.4 is 0 Å². The molecule has 1 saturated heterocycles. The Kier molecular flexibility index (Phi) is 3.81. The normalized spacial score (nSPS) is 39.7. The number of rotatable bonds is 2. The zero-order chi connectivity index (χ0) is 12.6. The van der Waals surface area contributed by atoms with Crippen molar-refractivity contribution in [3.63, 3.8) is 0 Å². The molecule has 3 nitrogen and oxygen atoms in total. The van der Waals surface area contributed by atoms with Gasteiger partial charge in [0.25, 0.3) is 0 Å². The number of nitrogens with zero attached hydrogens (tertiary/aromatic N) is 2. The third-order valence-electron chi connectivity index (χ3n) is 4.92. The Morgan fingerprint density at radius 2 is 2.00 bits per heavy atom. The minimum Gasteiger partial charge on any atom is -0.391 e. The Hall–Kier alpha value is -0.120. The number of hydrogen-bond donors (Lipinski definition) is 1. The summed E-state index contributed by atoms with van der Waals surface area (Å²) in [6.45, 7) is 13.5. The third-order valence-corrected chi connectivity index (χ3v) is 4.92. The van der Waals surface area contributed by atoms with E-state index in [0.29, 0.717) is 12.1 Å². The molecule has 2 aliphatic rings. The third kappa shape index (κ3) is 2.51. The number of likely N-dealkylation sites (N-methyl/N-ethyl adjacent to an activating group) is 1. The van der Waals surface area contributed by atoms with Crippen LogP contribution in [-0.2, 0) is 0 Å². The lowest BCUT2D eigenvalue weighted by Gasteiger charge is -2.43. The van der Waals surface area contributed by atoms with Gasteiger partial charge in [-0.15, -0.1) is 0 Å². The van der Waals surface area contributed by atoms with E-state index in [9.17, 15) is 5.11 Å². The summed E-state index contributed by atoms with van der Waals surface area (Å²) in [5.41, 5.74) is 0.107. The Labute approximate surface area is 106 Å². The zero-order valence-electron chi connectivity index (χ0n) is 11.8. The van der Waals surface area contributed by atoms with Gasteiger partial charge >= 0.3 is 0 Å². The molecule has 0 spiro atoms. The van der Waals surface area contributed by atoms with Gasteiger partial charge in [0.2, 0.25) is 0 Å². The van der Waals surface area contributed by atoms with Gasteiger partial charge in [-0.2, -0.15) is 0 Å². The number of aliphatic hydroxyl groups is 1. The molecule has 100 valence electrons. The van der Waals surface area contributed by atoms with Crippen molar-refractivity contribution >= 4 is 0 Å². The molecule has 3 heteroatoms. The maximum Gasteiger partial charge on any atom is 0.0746 e. The van der Waals surface area contributed by atoms with Crippen LogP contribution in [0.15, 0.2) is 0 Å². The van der Waals surface area contributed by atoms with Crippen molar-refractivity contribution in [2.24, 2.45) is 5.41 Å². The standard InChI is InChI=1S/C14H28N2O/c1-5-15-8-9-16(10-11(15)2)12-6-7-14(3,4)13(12)17/h11-13,17H,5-10H2,1-4H3. The van der Waals surface area contributed by atoms with Crippen molar-refractivity contribution in [1.82, 2.24) is 9.80 Å². The van der Waals surface area contributed by atoms with Crippen molar-refractivity contribution < 1.29 is 5.11 Å². The highest BCUT2D eigenvalue weighted by molar-refractivity contribution is 4.98. The van der Waals surface area contributed by atoms with E-state index in [4.69, 9.17) is 0 Å². The topological polar surface area (TPSA) is 26.7 Å². The highest BCUT2D eigenvalue weighted by Crippen LogP contribution is 2.40. The Morgan fingerprint density at radius 3 is 2.47 bits per heavy atom. The molecular weight excluding hydrogens is 212 g/mol. The summed E-state index contributed by atoms with van der Waals surface area (Å²) in [4.78, 5) is 5.05. The van der Waals surface area contributed by atoms with Crippen LogP contribution >= 0.6 is 0 Å². The van der Waals surface area contributed by atoms with Crippen LogP contribution in [-0.4, -0.2) is 59.3 Å². The molecule has 2 rings (SSSR count). The van der Waals surface area contributed by atoms with E-state index in [1.807, 2.05) is 0 Å². The highest BCUT2D eigenvalue weighted by Gasteiger charge is 2.44. The number of hydrogen-bond acceptors (Lipinski definition) is 3. The predicted molar refractivity (Wildman–Crippen MR) is 71.1 cm³/mol. The van der Waals surface area contributed by atoms with E-state index in [1.54, 1.807) is 0 Å². The van der Waals surface area contributed by atoms with Gasteiger partial charge in [0.05, 0.1) is 6.10 Å². The molecule has 1 aliphatic carbocycles. The molecule has 0 aromatic carbocycles. The Balaban J connectivity index is 1.97. The first-order chi connectivity index (χ1) is 7.95. The van der Waals surface area contributed by atoms with Crippen LogP contribution in [0.4, 0.5) is 0 Å². The molecule has 0 aromatic heterocycles. The molecule has 3 atom stereocenters. The Morgan fingerprint density at radius 1 is 1.29 bits per heavy atom. The fourth-order valence-corrected chi connectivity index (χ4v) is 3.52. The van der Waals surface area contributed by atoms with Crippen LogP contribution in [0.2, 0.25) is 0 Å². The lowest BCUT2D eigenvalue weighted by molar-refractivity contribution is -0.0149. The minimum absolute atomic E-state index is 0.107. The van der Waals surface area contributed by atoms with E-state index in [0.717, 1.165) is 39.0 Å². The highest BCUT2D eigenvalue weighted by atomic mass is 16.3. The summed E-state index contributed by atoms with van der Waals surface area (Å²) in [5.74, 6) is 0. The second-order valence-electron chi connectivity index (χ2n) is 6.51. The van der Waals surface area contributed by atoms with Gasteiger partial charge in [0.15, 0.2) is 0 Å². The second kappa shape index (κ2) is 4.87. The van der Waals surface area contributed by atoms with Crippen molar-refractivity contribution in [1.29, 1.82) is 0 Å². The summed E-state index contributed by atoms with van der Waals surface area (Å²) in [6.07, 6.45) is 2.16. The molecule has 1 N–H and O–H groups in total. The first-order valence-corrected chi connectivity index (χ1v) is 7.12. The zero-order valence-corrected chi connectivity index (χ0v) is 11.8. The molecular formula is C14H28N2O. The molecule has 17 heavy (non-hydrogen) atoms. The van der Waals surface area contributed by atoms with Gasteiger partial charge in [-0.1, -0.05) is 20.8 Å². The molecule has 2 fully saturated rings. The maximum atomic E-state index is 10.4. The van der Waals surface area contributed by atoms with Gasteiger partial charge in [-0.3, -0.25) is 9.80 Å².